The summed E-state index contributed by atoms with van der Waals surface area (Å²) in [6.45, 7) is 2.05. The van der Waals surface area contributed by atoms with Crippen molar-refractivity contribution in [1.29, 1.82) is 0 Å². The lowest BCUT2D eigenvalue weighted by Gasteiger charge is -2.36. The number of thioether (sulfide) groups is 1. The Morgan fingerprint density at radius 2 is 1.50 bits per heavy atom. The quantitative estimate of drug-likeness (QED) is 0.0716. The van der Waals surface area contributed by atoms with Crippen LogP contribution < -0.4 is 9.47 Å². The van der Waals surface area contributed by atoms with E-state index in [1.54, 1.807) is 17.8 Å². The zero-order valence-corrected chi connectivity index (χ0v) is 26.8. The van der Waals surface area contributed by atoms with Crippen molar-refractivity contribution >= 4 is 23.9 Å². The first-order valence-corrected chi connectivity index (χ1v) is 16.9. The molecule has 1 aliphatic rings. The number of carboxylic acid groups (broad SMARTS) is 2. The number of benzene rings is 4. The zero-order valence-electron chi connectivity index (χ0n) is 26.0. The minimum absolute atomic E-state index is 0.147. The van der Waals surface area contributed by atoms with Crippen molar-refractivity contribution in [2.45, 2.75) is 62.5 Å². The van der Waals surface area contributed by atoms with Gasteiger partial charge in [-0.25, -0.2) is 4.79 Å². The van der Waals surface area contributed by atoms with Gasteiger partial charge in [-0.2, -0.15) is 0 Å². The maximum Gasteiger partial charge on any atom is 0.511 e. The Bertz CT molecular complexity index is 1580. The van der Waals surface area contributed by atoms with Gasteiger partial charge in [-0.1, -0.05) is 78.9 Å². The third-order valence-electron chi connectivity index (χ3n) is 8.33. The number of hydrogen-bond acceptors (Lipinski definition) is 6. The van der Waals surface area contributed by atoms with Crippen molar-refractivity contribution in [3.63, 3.8) is 0 Å². The highest BCUT2D eigenvalue weighted by atomic mass is 32.2. The van der Waals surface area contributed by atoms with Crippen LogP contribution in [0.2, 0.25) is 0 Å². The van der Waals surface area contributed by atoms with Crippen LogP contribution in [-0.4, -0.2) is 46.1 Å². The van der Waals surface area contributed by atoms with Crippen molar-refractivity contribution in [3.05, 3.63) is 125 Å². The van der Waals surface area contributed by atoms with Crippen LogP contribution in [0.25, 0.3) is 0 Å². The normalized spacial score (nSPS) is 14.1. The van der Waals surface area contributed by atoms with E-state index in [1.165, 1.54) is 11.1 Å². The van der Waals surface area contributed by atoms with Crippen molar-refractivity contribution in [3.8, 4) is 11.5 Å². The summed E-state index contributed by atoms with van der Waals surface area (Å²) in [6, 6.07) is 33.0. The van der Waals surface area contributed by atoms with Crippen LogP contribution in [0.4, 0.5) is 4.79 Å². The summed E-state index contributed by atoms with van der Waals surface area (Å²) in [7, 11) is 0. The van der Waals surface area contributed by atoms with Gasteiger partial charge in [0, 0.05) is 23.9 Å². The highest BCUT2D eigenvalue weighted by Crippen LogP contribution is 2.41. The fraction of sp³-hybridized carbons (Fsp3) is 0.316. The van der Waals surface area contributed by atoms with Crippen LogP contribution in [0.5, 0.6) is 11.5 Å². The molecule has 0 aliphatic carbocycles. The molecule has 0 saturated heterocycles. The summed E-state index contributed by atoms with van der Waals surface area (Å²) in [5, 5.41) is 18.2. The number of fused-ring (bicyclic) bond motifs is 1. The van der Waals surface area contributed by atoms with Crippen molar-refractivity contribution in [2.24, 2.45) is 0 Å². The summed E-state index contributed by atoms with van der Waals surface area (Å²) in [6.07, 6.45) is 4.00. The summed E-state index contributed by atoms with van der Waals surface area (Å²) in [4.78, 5) is 25.7. The molecule has 4 aromatic carbocycles. The van der Waals surface area contributed by atoms with Gasteiger partial charge in [0.15, 0.2) is 0 Å². The third-order valence-corrected chi connectivity index (χ3v) is 9.43. The highest BCUT2D eigenvalue weighted by Gasteiger charge is 2.27. The van der Waals surface area contributed by atoms with Crippen LogP contribution in [0.3, 0.4) is 0 Å². The highest BCUT2D eigenvalue weighted by molar-refractivity contribution is 7.99. The van der Waals surface area contributed by atoms with Gasteiger partial charge in [0.2, 0.25) is 0 Å². The molecule has 1 atom stereocenters. The number of aryl methyl sites for hydroxylation is 2. The molecule has 0 aromatic heterocycles. The molecule has 240 valence electrons. The lowest BCUT2D eigenvalue weighted by Crippen LogP contribution is -2.34. The van der Waals surface area contributed by atoms with Gasteiger partial charge in [0.05, 0.1) is 0 Å². The van der Waals surface area contributed by atoms with E-state index in [1.807, 2.05) is 36.4 Å². The number of ether oxygens (including phenoxy) is 2. The van der Waals surface area contributed by atoms with Crippen LogP contribution >= 0.6 is 11.8 Å². The third kappa shape index (κ3) is 9.86. The Balaban J connectivity index is 1.22. The molecule has 7 nitrogen and oxygen atoms in total. The van der Waals surface area contributed by atoms with E-state index in [-0.39, 0.29) is 12.5 Å². The standard InChI is InChI=1S/C38H41NO6S/c40-37(41)12-6-7-23-39(34-22-25-46-36-26-32(45-38(42)43)19-20-33(34)36)24-21-31-10-4-5-11-35(31)44-27-30-17-15-29(16-18-30)14-13-28-8-2-1-3-9-28/h1-5,8-11,15-20,26,34H,6-7,12-14,21-25,27H2,(H,40,41)(H,42,43). The minimum atomic E-state index is -1.32. The number of hydrogen-bond donors (Lipinski definition) is 2. The van der Waals surface area contributed by atoms with Crippen molar-refractivity contribution in [1.82, 2.24) is 4.90 Å². The maximum atomic E-state index is 11.1. The number of nitrogens with zero attached hydrogens (tertiary/aromatic N) is 1. The van der Waals surface area contributed by atoms with E-state index in [0.717, 1.165) is 78.3 Å². The van der Waals surface area contributed by atoms with Gasteiger partial charge in [0.1, 0.15) is 18.1 Å². The van der Waals surface area contributed by atoms with Crippen molar-refractivity contribution in [2.75, 3.05) is 18.8 Å². The number of aliphatic carboxylic acids is 1. The number of unbranched alkanes of at least 4 members (excludes halogenated alkanes) is 1. The Hall–Kier alpha value is -4.27. The molecule has 0 amide bonds. The second-order valence-electron chi connectivity index (χ2n) is 11.6. The summed E-state index contributed by atoms with van der Waals surface area (Å²) in [5.74, 6) is 1.33. The smallest absolute Gasteiger partial charge is 0.489 e. The van der Waals surface area contributed by atoms with Gasteiger partial charge in [-0.05, 0) is 96.8 Å². The van der Waals surface area contributed by atoms with Crippen LogP contribution in [0.1, 0.15) is 59.5 Å². The summed E-state index contributed by atoms with van der Waals surface area (Å²) >= 11 is 1.71. The first-order chi connectivity index (χ1) is 22.4. The van der Waals surface area contributed by atoms with Crippen LogP contribution in [-0.2, 0) is 30.7 Å². The molecule has 8 heteroatoms. The van der Waals surface area contributed by atoms with Crippen molar-refractivity contribution < 1.29 is 29.3 Å². The van der Waals surface area contributed by atoms with Gasteiger partial charge < -0.3 is 19.7 Å². The largest absolute Gasteiger partial charge is 0.511 e. The van der Waals surface area contributed by atoms with Gasteiger partial charge in [0.25, 0.3) is 0 Å². The van der Waals surface area contributed by atoms with E-state index in [4.69, 9.17) is 19.7 Å². The first-order valence-electron chi connectivity index (χ1n) is 15.9. The Morgan fingerprint density at radius 3 is 2.26 bits per heavy atom. The molecule has 1 heterocycles. The second kappa shape index (κ2) is 16.9. The predicted molar refractivity (Wildman–Crippen MR) is 181 cm³/mol. The van der Waals surface area contributed by atoms with E-state index >= 15 is 0 Å². The Labute approximate surface area is 275 Å². The molecule has 1 unspecified atom stereocenters. The Kier molecular flexibility index (Phi) is 12.1. The predicted octanol–water partition coefficient (Wildman–Crippen LogP) is 8.44. The molecule has 0 bridgehead atoms. The lowest BCUT2D eigenvalue weighted by atomic mass is 10.00. The Morgan fingerprint density at radius 1 is 0.783 bits per heavy atom. The lowest BCUT2D eigenvalue weighted by molar-refractivity contribution is -0.137. The molecule has 0 fully saturated rings. The molecule has 0 saturated carbocycles. The molecule has 46 heavy (non-hydrogen) atoms. The topological polar surface area (TPSA) is 96.3 Å². The molecule has 5 rings (SSSR count). The number of carbonyl (C=O) groups is 2. The average molecular weight is 640 g/mol. The van der Waals surface area contributed by atoms with E-state index in [0.29, 0.717) is 18.8 Å². The molecule has 4 aromatic rings. The zero-order chi connectivity index (χ0) is 32.1. The first kappa shape index (κ1) is 33.1. The van der Waals surface area contributed by atoms with Gasteiger partial charge in [-0.3, -0.25) is 9.69 Å². The second-order valence-corrected chi connectivity index (χ2v) is 12.7. The van der Waals surface area contributed by atoms with Crippen LogP contribution in [0, 0.1) is 0 Å². The maximum absolute atomic E-state index is 11.1. The summed E-state index contributed by atoms with van der Waals surface area (Å²) < 4.78 is 11.3. The number of carboxylic acids is 1. The molecular formula is C38H41NO6S. The number of rotatable bonds is 16. The molecule has 0 radical (unpaired) electrons. The van der Waals surface area contributed by atoms with Gasteiger partial charge in [-0.15, -0.1) is 11.8 Å². The average Bonchev–Trinajstić information content (AvgIpc) is 3.06. The summed E-state index contributed by atoms with van der Waals surface area (Å²) in [5.41, 5.74) is 6.07. The molecule has 1 aliphatic heterocycles. The minimum Gasteiger partial charge on any atom is -0.489 e. The van der Waals surface area contributed by atoms with E-state index < -0.39 is 12.1 Å². The van der Waals surface area contributed by atoms with Gasteiger partial charge >= 0.3 is 12.1 Å². The fourth-order valence-electron chi connectivity index (χ4n) is 5.92. The van der Waals surface area contributed by atoms with E-state index in [2.05, 4.69) is 59.5 Å². The molecule has 2 N–H and O–H groups in total. The van der Waals surface area contributed by atoms with Crippen LogP contribution in [0.15, 0.2) is 102 Å². The monoisotopic (exact) mass is 639 g/mol. The number of para-hydroxylation sites is 1. The molecular weight excluding hydrogens is 598 g/mol. The molecule has 0 spiro atoms. The fourth-order valence-corrected chi connectivity index (χ4v) is 7.05. The van der Waals surface area contributed by atoms with E-state index in [9.17, 15) is 9.59 Å². The SMILES string of the molecule is O=C(O)CCCCN(CCc1ccccc1OCc1ccc(CCc2ccccc2)cc1)C1CCSc2cc(OC(=O)O)ccc21.